The molecular weight excluding hydrogens is 336 g/mol. The van der Waals surface area contributed by atoms with E-state index in [-0.39, 0.29) is 11.5 Å². The quantitative estimate of drug-likeness (QED) is 0.685. The number of carbonyl (C=O) groups excluding carboxylic acids is 1. The molecular formula is C23H36N2O2. The Balaban J connectivity index is 1.48. The zero-order valence-corrected chi connectivity index (χ0v) is 17.3. The zero-order valence-electron chi connectivity index (χ0n) is 17.3. The Morgan fingerprint density at radius 1 is 1.22 bits per heavy atom. The number of nitrogens with zero attached hydrogens (tertiary/aromatic N) is 2. The molecule has 4 nitrogen and oxygen atoms in total. The number of likely N-dealkylation sites (tertiary alicyclic amines) is 1. The van der Waals surface area contributed by atoms with E-state index in [9.17, 15) is 4.79 Å². The van der Waals surface area contributed by atoms with Crippen molar-refractivity contribution < 1.29 is 9.53 Å². The van der Waals surface area contributed by atoms with E-state index in [0.717, 1.165) is 43.7 Å². The highest BCUT2D eigenvalue weighted by Gasteiger charge is 2.47. The van der Waals surface area contributed by atoms with Gasteiger partial charge in [0.15, 0.2) is 0 Å². The number of rotatable bonds is 8. The van der Waals surface area contributed by atoms with Gasteiger partial charge in [0.1, 0.15) is 0 Å². The number of carbonyl (C=O) groups is 1. The molecule has 1 heterocycles. The van der Waals surface area contributed by atoms with Crippen molar-refractivity contribution in [2.45, 2.75) is 64.1 Å². The first-order chi connectivity index (χ1) is 13.0. The summed E-state index contributed by atoms with van der Waals surface area (Å²) in [6, 6.07) is 9.55. The Labute approximate surface area is 164 Å². The van der Waals surface area contributed by atoms with E-state index in [2.05, 4.69) is 18.7 Å². The molecule has 1 unspecified atom stereocenters. The van der Waals surface area contributed by atoms with Crippen molar-refractivity contribution in [1.82, 2.24) is 9.80 Å². The molecule has 0 spiro atoms. The predicted octanol–water partition coefficient (Wildman–Crippen LogP) is 4.21. The van der Waals surface area contributed by atoms with E-state index in [1.807, 2.05) is 42.3 Å². The molecule has 0 radical (unpaired) electrons. The largest absolute Gasteiger partial charge is 0.370 e. The summed E-state index contributed by atoms with van der Waals surface area (Å²) in [6.07, 6.45) is 7.27. The van der Waals surface area contributed by atoms with Crippen LogP contribution in [0.5, 0.6) is 0 Å². The maximum atomic E-state index is 12.6. The van der Waals surface area contributed by atoms with Gasteiger partial charge in [-0.05, 0) is 69.7 Å². The highest BCUT2D eigenvalue weighted by atomic mass is 16.5. The van der Waals surface area contributed by atoms with Gasteiger partial charge in [0.2, 0.25) is 0 Å². The molecule has 2 aliphatic rings. The zero-order chi connectivity index (χ0) is 19.3. The van der Waals surface area contributed by atoms with Crippen molar-refractivity contribution in [1.29, 1.82) is 0 Å². The summed E-state index contributed by atoms with van der Waals surface area (Å²) in [5.74, 6) is 0.860. The van der Waals surface area contributed by atoms with Crippen LogP contribution in [0, 0.1) is 5.92 Å². The van der Waals surface area contributed by atoms with Crippen LogP contribution >= 0.6 is 0 Å². The summed E-state index contributed by atoms with van der Waals surface area (Å²) < 4.78 is 6.58. The summed E-state index contributed by atoms with van der Waals surface area (Å²) in [7, 11) is 1.90. The molecule has 1 amide bonds. The summed E-state index contributed by atoms with van der Waals surface area (Å²) in [4.78, 5) is 17.1. The van der Waals surface area contributed by atoms with Gasteiger partial charge in [-0.1, -0.05) is 32.0 Å². The molecule has 3 rings (SSSR count). The number of likely N-dealkylation sites (N-methyl/N-ethyl adjacent to an activating group) is 1. The molecule has 0 bridgehead atoms. The van der Waals surface area contributed by atoms with Gasteiger partial charge in [0, 0.05) is 25.7 Å². The third-order valence-corrected chi connectivity index (χ3v) is 5.91. The molecule has 1 aliphatic heterocycles. The summed E-state index contributed by atoms with van der Waals surface area (Å²) in [5.41, 5.74) is 0.655. The Kier molecular flexibility index (Phi) is 6.93. The summed E-state index contributed by atoms with van der Waals surface area (Å²) >= 11 is 0. The lowest BCUT2D eigenvalue weighted by Gasteiger charge is -2.28. The molecule has 1 saturated carbocycles. The van der Waals surface area contributed by atoms with E-state index in [4.69, 9.17) is 4.74 Å². The fourth-order valence-electron chi connectivity index (χ4n) is 4.02. The monoisotopic (exact) mass is 372 g/mol. The van der Waals surface area contributed by atoms with Crippen molar-refractivity contribution >= 4 is 5.91 Å². The normalized spacial score (nSPS) is 22.4. The summed E-state index contributed by atoms with van der Waals surface area (Å²) in [6.45, 7) is 8.86. The second kappa shape index (κ2) is 9.20. The van der Waals surface area contributed by atoms with Crippen LogP contribution in [0.1, 0.15) is 62.7 Å². The second-order valence-corrected chi connectivity index (χ2v) is 8.91. The standard InChI is InChI=1S/C23H36N2O2/c1-19(2)11-16-25-15-7-10-21(12-17-25)27-23(13-14-23)18-24(3)22(26)20-8-5-4-6-9-20/h4-6,8-9,19,21H,7,10-18H2,1-3H3. The lowest BCUT2D eigenvalue weighted by molar-refractivity contribution is -0.0465. The molecule has 1 saturated heterocycles. The topological polar surface area (TPSA) is 32.8 Å². The van der Waals surface area contributed by atoms with Crippen molar-refractivity contribution in [3.05, 3.63) is 35.9 Å². The van der Waals surface area contributed by atoms with E-state index in [0.29, 0.717) is 12.6 Å². The van der Waals surface area contributed by atoms with Crippen LogP contribution in [0.4, 0.5) is 0 Å². The van der Waals surface area contributed by atoms with Gasteiger partial charge >= 0.3 is 0 Å². The SMILES string of the molecule is CC(C)CCN1CCCC(OC2(CN(C)C(=O)c3ccccc3)CC2)CC1. The number of hydrogen-bond acceptors (Lipinski definition) is 3. The van der Waals surface area contributed by atoms with E-state index >= 15 is 0 Å². The molecule has 27 heavy (non-hydrogen) atoms. The first-order valence-electron chi connectivity index (χ1n) is 10.7. The smallest absolute Gasteiger partial charge is 0.253 e. The third-order valence-electron chi connectivity index (χ3n) is 5.91. The minimum Gasteiger partial charge on any atom is -0.370 e. The van der Waals surface area contributed by atoms with Crippen LogP contribution in [0.25, 0.3) is 0 Å². The highest BCUT2D eigenvalue weighted by molar-refractivity contribution is 5.94. The fraction of sp³-hybridized carbons (Fsp3) is 0.696. The van der Waals surface area contributed by atoms with Crippen molar-refractivity contribution in [3.63, 3.8) is 0 Å². The van der Waals surface area contributed by atoms with Crippen LogP contribution in [0.15, 0.2) is 30.3 Å². The van der Waals surface area contributed by atoms with E-state index in [1.165, 1.54) is 25.9 Å². The molecule has 4 heteroatoms. The van der Waals surface area contributed by atoms with E-state index in [1.54, 1.807) is 0 Å². The lowest BCUT2D eigenvalue weighted by atomic mass is 10.1. The minimum absolute atomic E-state index is 0.0891. The Morgan fingerprint density at radius 3 is 2.63 bits per heavy atom. The molecule has 0 aromatic heterocycles. The molecule has 1 aromatic carbocycles. The van der Waals surface area contributed by atoms with Crippen LogP contribution in [-0.4, -0.2) is 60.6 Å². The second-order valence-electron chi connectivity index (χ2n) is 8.91. The van der Waals surface area contributed by atoms with Crippen LogP contribution in [0.3, 0.4) is 0 Å². The summed E-state index contributed by atoms with van der Waals surface area (Å²) in [5, 5.41) is 0. The van der Waals surface area contributed by atoms with Gasteiger partial charge in [0.25, 0.3) is 5.91 Å². The lowest BCUT2D eigenvalue weighted by Crippen LogP contribution is -2.39. The van der Waals surface area contributed by atoms with Crippen molar-refractivity contribution in [2.75, 3.05) is 33.2 Å². The molecule has 0 N–H and O–H groups in total. The third kappa shape index (κ3) is 6.05. The van der Waals surface area contributed by atoms with Crippen LogP contribution in [0.2, 0.25) is 0 Å². The molecule has 1 aliphatic carbocycles. The van der Waals surface area contributed by atoms with Gasteiger partial charge in [-0.3, -0.25) is 4.79 Å². The van der Waals surface area contributed by atoms with Gasteiger partial charge in [-0.25, -0.2) is 0 Å². The Hall–Kier alpha value is -1.39. The number of benzene rings is 1. The number of ether oxygens (including phenoxy) is 1. The molecule has 150 valence electrons. The van der Waals surface area contributed by atoms with Gasteiger partial charge < -0.3 is 14.5 Å². The van der Waals surface area contributed by atoms with Crippen molar-refractivity contribution in [2.24, 2.45) is 5.92 Å². The van der Waals surface area contributed by atoms with Gasteiger partial charge in [0.05, 0.1) is 11.7 Å². The first-order valence-corrected chi connectivity index (χ1v) is 10.7. The maximum Gasteiger partial charge on any atom is 0.253 e. The number of hydrogen-bond donors (Lipinski definition) is 0. The predicted molar refractivity (Wildman–Crippen MR) is 110 cm³/mol. The van der Waals surface area contributed by atoms with E-state index < -0.39 is 0 Å². The Morgan fingerprint density at radius 2 is 1.96 bits per heavy atom. The van der Waals surface area contributed by atoms with Crippen LogP contribution in [-0.2, 0) is 4.74 Å². The minimum atomic E-state index is -0.100. The molecule has 1 atom stereocenters. The Bertz CT molecular complexity index is 598. The molecule has 1 aromatic rings. The van der Waals surface area contributed by atoms with Gasteiger partial charge in [-0.15, -0.1) is 0 Å². The van der Waals surface area contributed by atoms with Gasteiger partial charge in [-0.2, -0.15) is 0 Å². The average molecular weight is 373 g/mol. The van der Waals surface area contributed by atoms with Crippen molar-refractivity contribution in [3.8, 4) is 0 Å². The number of amides is 1. The highest BCUT2D eigenvalue weighted by Crippen LogP contribution is 2.42. The molecule has 2 fully saturated rings. The maximum absolute atomic E-state index is 12.6. The fourth-order valence-corrected chi connectivity index (χ4v) is 4.02. The van der Waals surface area contributed by atoms with Crippen LogP contribution < -0.4 is 0 Å². The average Bonchev–Trinajstić information content (AvgIpc) is 3.45. The first kappa shape index (κ1) is 20.3.